The summed E-state index contributed by atoms with van der Waals surface area (Å²) in [7, 11) is 1.50. The van der Waals surface area contributed by atoms with Gasteiger partial charge >= 0.3 is 5.97 Å². The van der Waals surface area contributed by atoms with Gasteiger partial charge in [0, 0.05) is 26.6 Å². The summed E-state index contributed by atoms with van der Waals surface area (Å²) in [6.07, 6.45) is 2.35. The number of likely N-dealkylation sites (tertiary alicyclic amines) is 1. The fraction of sp³-hybridized carbons (Fsp3) is 0.529. The van der Waals surface area contributed by atoms with Crippen molar-refractivity contribution in [3.8, 4) is 0 Å². The van der Waals surface area contributed by atoms with Crippen LogP contribution in [0.3, 0.4) is 0 Å². The molecule has 1 heterocycles. The van der Waals surface area contributed by atoms with E-state index in [4.69, 9.17) is 4.74 Å². The first-order chi connectivity index (χ1) is 10.6. The molecule has 0 saturated carbocycles. The molecular formula is C17H23NO4. The van der Waals surface area contributed by atoms with Crippen LogP contribution in [0, 0.1) is 5.41 Å². The van der Waals surface area contributed by atoms with E-state index in [1.807, 2.05) is 30.3 Å². The summed E-state index contributed by atoms with van der Waals surface area (Å²) >= 11 is 0. The number of methoxy groups -OCH3 is 1. The van der Waals surface area contributed by atoms with Gasteiger partial charge < -0.3 is 14.7 Å². The van der Waals surface area contributed by atoms with E-state index in [-0.39, 0.29) is 19.1 Å². The first-order valence-corrected chi connectivity index (χ1v) is 7.61. The Balaban J connectivity index is 1.96. The second-order valence-corrected chi connectivity index (χ2v) is 5.92. The van der Waals surface area contributed by atoms with Crippen LogP contribution in [0.25, 0.3) is 0 Å². The van der Waals surface area contributed by atoms with Crippen LogP contribution >= 0.6 is 0 Å². The number of piperidine rings is 1. The summed E-state index contributed by atoms with van der Waals surface area (Å²) in [6, 6.07) is 9.84. The second-order valence-electron chi connectivity index (χ2n) is 5.92. The molecular weight excluding hydrogens is 282 g/mol. The predicted molar refractivity (Wildman–Crippen MR) is 82.5 cm³/mol. The number of nitrogens with zero attached hydrogens (tertiary/aromatic N) is 1. The molecule has 0 radical (unpaired) electrons. The van der Waals surface area contributed by atoms with Crippen LogP contribution in [0.2, 0.25) is 0 Å². The number of benzene rings is 1. The number of carboxylic acids is 1. The molecule has 1 unspecified atom stereocenters. The highest BCUT2D eigenvalue weighted by Gasteiger charge is 2.43. The van der Waals surface area contributed by atoms with Crippen molar-refractivity contribution in [2.24, 2.45) is 5.41 Å². The lowest BCUT2D eigenvalue weighted by molar-refractivity contribution is -0.159. The monoisotopic (exact) mass is 305 g/mol. The van der Waals surface area contributed by atoms with Gasteiger partial charge in [-0.1, -0.05) is 30.3 Å². The Morgan fingerprint density at radius 1 is 1.32 bits per heavy atom. The molecule has 1 N–H and O–H groups in total. The molecule has 1 aromatic carbocycles. The Kier molecular flexibility index (Phi) is 5.55. The van der Waals surface area contributed by atoms with Crippen molar-refractivity contribution >= 4 is 11.9 Å². The summed E-state index contributed by atoms with van der Waals surface area (Å²) in [5, 5.41) is 9.51. The fourth-order valence-electron chi connectivity index (χ4n) is 3.03. The zero-order chi connectivity index (χ0) is 16.0. The number of aliphatic carboxylic acids is 1. The average molecular weight is 305 g/mol. The number of carbonyl (C=O) groups excluding carboxylic acids is 1. The normalized spacial score (nSPS) is 21.6. The summed E-state index contributed by atoms with van der Waals surface area (Å²) in [6.45, 7) is 1.01. The van der Waals surface area contributed by atoms with Crippen LogP contribution in [0.1, 0.15) is 24.8 Å². The molecule has 1 aliphatic rings. The highest BCUT2D eigenvalue weighted by molar-refractivity contribution is 5.80. The first-order valence-electron chi connectivity index (χ1n) is 7.61. The second kappa shape index (κ2) is 7.40. The molecule has 1 amide bonds. The minimum Gasteiger partial charge on any atom is -0.481 e. The molecule has 0 spiro atoms. The lowest BCUT2D eigenvalue weighted by atomic mass is 9.80. The van der Waals surface area contributed by atoms with Crippen LogP contribution in [0.5, 0.6) is 0 Å². The lowest BCUT2D eigenvalue weighted by Gasteiger charge is -2.39. The Morgan fingerprint density at radius 3 is 2.68 bits per heavy atom. The van der Waals surface area contributed by atoms with Gasteiger partial charge in [-0.15, -0.1) is 0 Å². The van der Waals surface area contributed by atoms with Gasteiger partial charge in [0.25, 0.3) is 0 Å². The highest BCUT2D eigenvalue weighted by Crippen LogP contribution is 2.31. The highest BCUT2D eigenvalue weighted by atomic mass is 16.5. The summed E-state index contributed by atoms with van der Waals surface area (Å²) in [4.78, 5) is 25.7. The lowest BCUT2D eigenvalue weighted by Crippen LogP contribution is -2.52. The van der Waals surface area contributed by atoms with Gasteiger partial charge in [-0.05, 0) is 24.8 Å². The quantitative estimate of drug-likeness (QED) is 0.872. The first kappa shape index (κ1) is 16.5. The van der Waals surface area contributed by atoms with Gasteiger partial charge in [0.05, 0.1) is 6.61 Å². The maximum Gasteiger partial charge on any atom is 0.313 e. The minimum atomic E-state index is -0.963. The average Bonchev–Trinajstić information content (AvgIpc) is 2.54. The molecule has 22 heavy (non-hydrogen) atoms. The van der Waals surface area contributed by atoms with E-state index in [1.54, 1.807) is 4.90 Å². The number of hydrogen-bond acceptors (Lipinski definition) is 3. The van der Waals surface area contributed by atoms with Gasteiger partial charge in [-0.2, -0.15) is 0 Å². The number of rotatable bonds is 6. The number of amides is 1. The van der Waals surface area contributed by atoms with Crippen LogP contribution in [-0.4, -0.2) is 48.7 Å². The van der Waals surface area contributed by atoms with E-state index >= 15 is 0 Å². The maximum atomic E-state index is 12.4. The van der Waals surface area contributed by atoms with E-state index in [1.165, 1.54) is 7.11 Å². The standard InChI is InChI=1S/C17H23NO4/c1-22-13-17(16(20)21)10-5-11-18(12-17)15(19)9-8-14-6-3-2-4-7-14/h2-4,6-7H,5,8-13H2,1H3,(H,20,21). The molecule has 0 aromatic heterocycles. The predicted octanol–water partition coefficient (Wildman–Crippen LogP) is 1.96. The zero-order valence-electron chi connectivity index (χ0n) is 13.0. The molecule has 1 atom stereocenters. The Bertz CT molecular complexity index is 513. The van der Waals surface area contributed by atoms with Crippen molar-refractivity contribution in [2.75, 3.05) is 26.8 Å². The Morgan fingerprint density at radius 2 is 2.05 bits per heavy atom. The van der Waals surface area contributed by atoms with Crippen LogP contribution < -0.4 is 0 Å². The van der Waals surface area contributed by atoms with Gasteiger partial charge in [-0.25, -0.2) is 0 Å². The number of carboxylic acid groups (broad SMARTS) is 1. The van der Waals surface area contributed by atoms with Crippen LogP contribution in [0.4, 0.5) is 0 Å². The third-order valence-electron chi connectivity index (χ3n) is 4.27. The van der Waals surface area contributed by atoms with Crippen molar-refractivity contribution in [1.82, 2.24) is 4.90 Å². The SMILES string of the molecule is COCC1(C(=O)O)CCCN(C(=O)CCc2ccccc2)C1. The molecule has 5 heteroatoms. The van der Waals surface area contributed by atoms with E-state index in [2.05, 4.69) is 0 Å². The van der Waals surface area contributed by atoms with E-state index in [0.717, 1.165) is 5.56 Å². The van der Waals surface area contributed by atoms with Gasteiger partial charge in [0.15, 0.2) is 0 Å². The van der Waals surface area contributed by atoms with Gasteiger partial charge in [0.2, 0.25) is 5.91 Å². The Hall–Kier alpha value is -1.88. The van der Waals surface area contributed by atoms with E-state index < -0.39 is 11.4 Å². The molecule has 1 saturated heterocycles. The molecule has 5 nitrogen and oxygen atoms in total. The number of aryl methyl sites for hydroxylation is 1. The summed E-state index contributed by atoms with van der Waals surface area (Å²) in [5.41, 5.74) is 0.157. The molecule has 0 aliphatic carbocycles. The molecule has 1 fully saturated rings. The number of ether oxygens (including phenoxy) is 1. The Labute approximate surface area is 130 Å². The van der Waals surface area contributed by atoms with Gasteiger partial charge in [-0.3, -0.25) is 9.59 Å². The fourth-order valence-corrected chi connectivity index (χ4v) is 3.03. The van der Waals surface area contributed by atoms with E-state index in [0.29, 0.717) is 32.2 Å². The molecule has 1 aliphatic heterocycles. The van der Waals surface area contributed by atoms with Crippen molar-refractivity contribution in [2.45, 2.75) is 25.7 Å². The topological polar surface area (TPSA) is 66.8 Å². The smallest absolute Gasteiger partial charge is 0.313 e. The third kappa shape index (κ3) is 3.85. The van der Waals surface area contributed by atoms with Crippen molar-refractivity contribution < 1.29 is 19.4 Å². The van der Waals surface area contributed by atoms with Crippen molar-refractivity contribution in [3.63, 3.8) is 0 Å². The van der Waals surface area contributed by atoms with Gasteiger partial charge in [0.1, 0.15) is 5.41 Å². The van der Waals surface area contributed by atoms with Crippen molar-refractivity contribution in [1.29, 1.82) is 0 Å². The zero-order valence-corrected chi connectivity index (χ0v) is 13.0. The molecule has 120 valence electrons. The number of hydrogen-bond donors (Lipinski definition) is 1. The minimum absolute atomic E-state index is 0.0188. The number of carbonyl (C=O) groups is 2. The molecule has 2 rings (SSSR count). The van der Waals surface area contributed by atoms with E-state index in [9.17, 15) is 14.7 Å². The van der Waals surface area contributed by atoms with Crippen LogP contribution in [0.15, 0.2) is 30.3 Å². The largest absolute Gasteiger partial charge is 0.481 e. The summed E-state index contributed by atoms with van der Waals surface area (Å²) < 4.78 is 5.08. The van der Waals surface area contributed by atoms with Crippen molar-refractivity contribution in [3.05, 3.63) is 35.9 Å². The summed E-state index contributed by atoms with van der Waals surface area (Å²) in [5.74, 6) is -0.861. The maximum absolute atomic E-state index is 12.4. The molecule has 0 bridgehead atoms. The molecule has 1 aromatic rings. The third-order valence-corrected chi connectivity index (χ3v) is 4.27. The van der Waals surface area contributed by atoms with Crippen LogP contribution in [-0.2, 0) is 20.7 Å².